The second kappa shape index (κ2) is 4.94. The lowest BCUT2D eigenvalue weighted by atomic mass is 10.1. The maximum Gasteiger partial charge on any atom is 0.293 e. The van der Waals surface area contributed by atoms with Crippen molar-refractivity contribution in [2.75, 3.05) is 5.73 Å². The van der Waals surface area contributed by atoms with Crippen molar-refractivity contribution in [1.29, 1.82) is 0 Å². The average Bonchev–Trinajstić information content (AvgIpc) is 2.70. The number of benzene rings is 1. The number of nitrogens with two attached hydrogens (primary N) is 1. The molecule has 2 aromatic rings. The van der Waals surface area contributed by atoms with Crippen molar-refractivity contribution in [1.82, 2.24) is 5.27 Å². The van der Waals surface area contributed by atoms with Crippen molar-refractivity contribution in [2.24, 2.45) is 0 Å². The van der Waals surface area contributed by atoms with Crippen LogP contribution in [0.15, 0.2) is 28.9 Å². The molecule has 0 saturated carbocycles. The van der Waals surface area contributed by atoms with Gasteiger partial charge in [0.1, 0.15) is 0 Å². The number of aromatic nitrogens is 2. The van der Waals surface area contributed by atoms with Gasteiger partial charge in [-0.15, -0.1) is 0 Å². The van der Waals surface area contributed by atoms with Crippen LogP contribution in [0.1, 0.15) is 18.5 Å². The zero-order valence-electron chi connectivity index (χ0n) is 9.23. The van der Waals surface area contributed by atoms with Crippen LogP contribution in [0.4, 0.5) is 5.88 Å². The highest BCUT2D eigenvalue weighted by Crippen LogP contribution is 2.23. The standard InChI is InChI=1S/C11H12Cl2N3O/c1-7(16-6-11(14)17-15-16)4-8-2-3-9(12)10(13)5-8/h2-3,5-7H,4,14H2,1H3/q+1. The third-order valence-electron chi connectivity index (χ3n) is 2.47. The lowest BCUT2D eigenvalue weighted by Crippen LogP contribution is -2.40. The summed E-state index contributed by atoms with van der Waals surface area (Å²) >= 11 is 11.8. The molecule has 0 radical (unpaired) electrons. The molecule has 4 nitrogen and oxygen atoms in total. The first kappa shape index (κ1) is 12.2. The molecule has 0 aliphatic carbocycles. The highest BCUT2D eigenvalue weighted by atomic mass is 35.5. The number of nitrogens with zero attached hydrogens (tertiary/aromatic N) is 2. The molecule has 0 saturated heterocycles. The van der Waals surface area contributed by atoms with E-state index < -0.39 is 0 Å². The Kier molecular flexibility index (Phi) is 3.54. The first-order chi connectivity index (χ1) is 8.06. The molecule has 0 fully saturated rings. The Morgan fingerprint density at radius 1 is 1.41 bits per heavy atom. The van der Waals surface area contributed by atoms with Gasteiger partial charge in [0, 0.05) is 13.3 Å². The van der Waals surface area contributed by atoms with Gasteiger partial charge < -0.3 is 5.73 Å². The van der Waals surface area contributed by atoms with Gasteiger partial charge in [0.05, 0.1) is 10.0 Å². The van der Waals surface area contributed by atoms with E-state index in [0.717, 1.165) is 12.0 Å². The van der Waals surface area contributed by atoms with Gasteiger partial charge >= 0.3 is 0 Å². The maximum absolute atomic E-state index is 5.95. The Labute approximate surface area is 109 Å². The van der Waals surface area contributed by atoms with E-state index >= 15 is 0 Å². The molecule has 2 N–H and O–H groups in total. The van der Waals surface area contributed by atoms with Crippen LogP contribution in [0.3, 0.4) is 0 Å². The fourth-order valence-corrected chi connectivity index (χ4v) is 1.90. The first-order valence-corrected chi connectivity index (χ1v) is 5.89. The van der Waals surface area contributed by atoms with E-state index in [1.807, 2.05) is 19.1 Å². The molecule has 2 rings (SSSR count). The normalized spacial score (nSPS) is 12.6. The second-order valence-corrected chi connectivity index (χ2v) is 4.70. The third-order valence-corrected chi connectivity index (χ3v) is 3.21. The summed E-state index contributed by atoms with van der Waals surface area (Å²) in [5, 5.41) is 4.92. The van der Waals surface area contributed by atoms with Gasteiger partial charge in [0.25, 0.3) is 12.1 Å². The monoisotopic (exact) mass is 272 g/mol. The molecule has 1 unspecified atom stereocenters. The van der Waals surface area contributed by atoms with Gasteiger partial charge in [-0.3, -0.25) is 4.52 Å². The lowest BCUT2D eigenvalue weighted by Gasteiger charge is -2.04. The van der Waals surface area contributed by atoms with Crippen LogP contribution < -0.4 is 10.4 Å². The van der Waals surface area contributed by atoms with E-state index in [0.29, 0.717) is 15.9 Å². The van der Waals surface area contributed by atoms with Crippen LogP contribution in [0, 0.1) is 0 Å². The average molecular weight is 273 g/mol. The van der Waals surface area contributed by atoms with E-state index in [-0.39, 0.29) is 6.04 Å². The minimum atomic E-state index is 0.133. The van der Waals surface area contributed by atoms with Crippen LogP contribution in [0.25, 0.3) is 0 Å². The van der Waals surface area contributed by atoms with Crippen molar-refractivity contribution in [3.63, 3.8) is 0 Å². The molecule has 90 valence electrons. The molecule has 0 amide bonds. The van der Waals surface area contributed by atoms with Crippen molar-refractivity contribution in [3.8, 4) is 0 Å². The SMILES string of the molecule is CC(Cc1ccc(Cl)c(Cl)c1)[n+]1cc(N)on1. The van der Waals surface area contributed by atoms with Crippen molar-refractivity contribution >= 4 is 29.1 Å². The molecule has 0 spiro atoms. The molecular weight excluding hydrogens is 261 g/mol. The van der Waals surface area contributed by atoms with E-state index in [9.17, 15) is 0 Å². The molecule has 6 heteroatoms. The van der Waals surface area contributed by atoms with Gasteiger partial charge in [-0.2, -0.15) is 0 Å². The van der Waals surface area contributed by atoms with Crippen LogP contribution in [-0.2, 0) is 6.42 Å². The zero-order valence-corrected chi connectivity index (χ0v) is 10.7. The Morgan fingerprint density at radius 2 is 2.18 bits per heavy atom. The van der Waals surface area contributed by atoms with Crippen LogP contribution in [0.2, 0.25) is 10.0 Å². The van der Waals surface area contributed by atoms with Gasteiger partial charge in [0.2, 0.25) is 5.27 Å². The summed E-state index contributed by atoms with van der Waals surface area (Å²) < 4.78 is 6.49. The number of nitrogen functional groups attached to an aromatic ring is 1. The van der Waals surface area contributed by atoms with E-state index in [2.05, 4.69) is 5.27 Å². The molecular formula is C11H12Cl2N3O+. The predicted molar refractivity (Wildman–Crippen MR) is 66.0 cm³/mol. The van der Waals surface area contributed by atoms with Gasteiger partial charge in [-0.25, -0.2) is 0 Å². The number of anilines is 1. The number of rotatable bonds is 3. The summed E-state index contributed by atoms with van der Waals surface area (Å²) in [6.07, 6.45) is 2.43. The smallest absolute Gasteiger partial charge is 0.293 e. The van der Waals surface area contributed by atoms with E-state index in [1.165, 1.54) is 0 Å². The quantitative estimate of drug-likeness (QED) is 0.875. The summed E-state index contributed by atoms with van der Waals surface area (Å²) in [7, 11) is 0. The molecule has 1 atom stereocenters. The number of hydrogen-bond acceptors (Lipinski definition) is 3. The molecule has 1 aromatic carbocycles. The van der Waals surface area contributed by atoms with E-state index in [1.54, 1.807) is 16.9 Å². The minimum absolute atomic E-state index is 0.133. The molecule has 17 heavy (non-hydrogen) atoms. The van der Waals surface area contributed by atoms with Gasteiger partial charge in [-0.1, -0.05) is 29.3 Å². The summed E-state index contributed by atoms with van der Waals surface area (Å²) in [5.41, 5.74) is 6.55. The molecule has 1 aromatic heterocycles. The van der Waals surface area contributed by atoms with Crippen LogP contribution >= 0.6 is 23.2 Å². The largest absolute Gasteiger partial charge is 0.362 e. The predicted octanol–water partition coefficient (Wildman–Crippen LogP) is 2.65. The number of halogens is 2. The highest BCUT2D eigenvalue weighted by molar-refractivity contribution is 6.42. The minimum Gasteiger partial charge on any atom is -0.362 e. The molecule has 0 aliphatic heterocycles. The Hall–Kier alpha value is -1.26. The summed E-state index contributed by atoms with van der Waals surface area (Å²) in [5.74, 6) is 0.297. The van der Waals surface area contributed by atoms with Crippen LogP contribution in [0.5, 0.6) is 0 Å². The van der Waals surface area contributed by atoms with E-state index in [4.69, 9.17) is 33.5 Å². The zero-order chi connectivity index (χ0) is 12.4. The fourth-order valence-electron chi connectivity index (χ4n) is 1.58. The third kappa shape index (κ3) is 2.90. The lowest BCUT2D eigenvalue weighted by molar-refractivity contribution is -0.782. The van der Waals surface area contributed by atoms with Gasteiger partial charge in [-0.05, 0) is 22.4 Å². The first-order valence-electron chi connectivity index (χ1n) is 5.14. The summed E-state index contributed by atoms with van der Waals surface area (Å²) in [6, 6.07) is 5.71. The van der Waals surface area contributed by atoms with Crippen molar-refractivity contribution in [2.45, 2.75) is 19.4 Å². The van der Waals surface area contributed by atoms with Crippen molar-refractivity contribution < 1.29 is 9.20 Å². The van der Waals surface area contributed by atoms with Gasteiger partial charge in [0.15, 0.2) is 6.04 Å². The Morgan fingerprint density at radius 3 is 2.76 bits per heavy atom. The summed E-state index contributed by atoms with van der Waals surface area (Å²) in [4.78, 5) is 0. The Bertz CT molecular complexity index is 527. The Balaban J connectivity index is 2.12. The topological polar surface area (TPSA) is 55.9 Å². The maximum atomic E-state index is 5.95. The highest BCUT2D eigenvalue weighted by Gasteiger charge is 2.19. The van der Waals surface area contributed by atoms with Crippen LogP contribution in [-0.4, -0.2) is 5.27 Å². The molecule has 0 bridgehead atoms. The fraction of sp³-hybridized carbons (Fsp3) is 0.273. The molecule has 1 heterocycles. The second-order valence-electron chi connectivity index (χ2n) is 3.89. The molecule has 0 aliphatic rings. The number of hydrogen-bond donors (Lipinski definition) is 1. The summed E-state index contributed by atoms with van der Waals surface area (Å²) in [6.45, 7) is 2.02. The van der Waals surface area contributed by atoms with Crippen molar-refractivity contribution in [3.05, 3.63) is 40.0 Å².